The second kappa shape index (κ2) is 7.28. The highest BCUT2D eigenvalue weighted by molar-refractivity contribution is 6.07. The van der Waals surface area contributed by atoms with Crippen molar-refractivity contribution in [2.45, 2.75) is 38.3 Å². The van der Waals surface area contributed by atoms with Gasteiger partial charge in [0.1, 0.15) is 5.82 Å². The molecule has 28 heavy (non-hydrogen) atoms. The molecule has 0 aliphatic carbocycles. The van der Waals surface area contributed by atoms with Crippen LogP contribution >= 0.6 is 0 Å². The number of amides is 1. The van der Waals surface area contributed by atoms with Crippen molar-refractivity contribution in [1.29, 1.82) is 0 Å². The maximum absolute atomic E-state index is 13.8. The molecule has 3 heterocycles. The summed E-state index contributed by atoms with van der Waals surface area (Å²) in [5.41, 5.74) is 1.81. The van der Waals surface area contributed by atoms with Crippen molar-refractivity contribution in [2.24, 2.45) is 0 Å². The first-order valence-electron chi connectivity index (χ1n) is 9.38. The Bertz CT molecular complexity index is 1020. The van der Waals surface area contributed by atoms with E-state index in [1.54, 1.807) is 18.3 Å². The van der Waals surface area contributed by atoms with E-state index >= 15 is 0 Å². The minimum atomic E-state index is -0.393. The number of benzene rings is 1. The third kappa shape index (κ3) is 3.87. The van der Waals surface area contributed by atoms with E-state index in [1.807, 2.05) is 32.0 Å². The first-order valence-corrected chi connectivity index (χ1v) is 9.38. The van der Waals surface area contributed by atoms with Gasteiger partial charge in [0.25, 0.3) is 5.91 Å². The standard InChI is InChI=1S/C22H22FN3O2/c1-22(2)13-15(8-10-28-22)25-21(27)17-12-20(18-5-3-4-9-24-18)26-19-11-14(23)6-7-16(17)19/h3-7,9,11-12,15H,8,10,13H2,1-2H3,(H,25,27)/t15-/m0/s1. The Morgan fingerprint density at radius 1 is 1.21 bits per heavy atom. The third-order valence-corrected chi connectivity index (χ3v) is 4.98. The molecular weight excluding hydrogens is 357 g/mol. The maximum Gasteiger partial charge on any atom is 0.252 e. The summed E-state index contributed by atoms with van der Waals surface area (Å²) in [6.07, 6.45) is 3.17. The number of nitrogens with zero attached hydrogens (tertiary/aromatic N) is 2. The first-order chi connectivity index (χ1) is 13.4. The van der Waals surface area contributed by atoms with Crippen LogP contribution in [-0.2, 0) is 4.74 Å². The van der Waals surface area contributed by atoms with Crippen LogP contribution in [0.3, 0.4) is 0 Å². The lowest BCUT2D eigenvalue weighted by atomic mass is 9.93. The van der Waals surface area contributed by atoms with E-state index in [0.29, 0.717) is 34.5 Å². The number of nitrogens with one attached hydrogen (secondary N) is 1. The molecule has 0 bridgehead atoms. The van der Waals surface area contributed by atoms with E-state index in [2.05, 4.69) is 15.3 Å². The van der Waals surface area contributed by atoms with Crippen molar-refractivity contribution >= 4 is 16.8 Å². The normalized spacial score (nSPS) is 18.8. The van der Waals surface area contributed by atoms with Crippen molar-refractivity contribution in [3.8, 4) is 11.4 Å². The molecule has 0 saturated carbocycles. The van der Waals surface area contributed by atoms with Gasteiger partial charge in [0.2, 0.25) is 0 Å². The van der Waals surface area contributed by atoms with E-state index < -0.39 is 5.82 Å². The number of hydrogen-bond acceptors (Lipinski definition) is 4. The van der Waals surface area contributed by atoms with Crippen LogP contribution in [0.1, 0.15) is 37.0 Å². The number of fused-ring (bicyclic) bond motifs is 1. The summed E-state index contributed by atoms with van der Waals surface area (Å²) in [6, 6.07) is 11.5. The van der Waals surface area contributed by atoms with Crippen molar-refractivity contribution in [3.63, 3.8) is 0 Å². The van der Waals surface area contributed by atoms with E-state index in [1.165, 1.54) is 12.1 Å². The first kappa shape index (κ1) is 18.5. The smallest absolute Gasteiger partial charge is 0.252 e. The molecule has 0 spiro atoms. The number of halogens is 1. The summed E-state index contributed by atoms with van der Waals surface area (Å²) in [5.74, 6) is -0.588. The van der Waals surface area contributed by atoms with E-state index in [-0.39, 0.29) is 17.6 Å². The van der Waals surface area contributed by atoms with E-state index in [9.17, 15) is 9.18 Å². The molecule has 1 amide bonds. The molecule has 5 nitrogen and oxygen atoms in total. The van der Waals surface area contributed by atoms with Gasteiger partial charge < -0.3 is 10.1 Å². The summed E-state index contributed by atoms with van der Waals surface area (Å²) in [5, 5.41) is 3.73. The molecule has 1 aliphatic heterocycles. The zero-order valence-corrected chi connectivity index (χ0v) is 15.9. The number of carbonyl (C=O) groups is 1. The summed E-state index contributed by atoms with van der Waals surface area (Å²) in [4.78, 5) is 21.9. The van der Waals surface area contributed by atoms with Crippen LogP contribution in [0, 0.1) is 5.82 Å². The summed E-state index contributed by atoms with van der Waals surface area (Å²) in [6.45, 7) is 4.66. The number of rotatable bonds is 3. The molecule has 0 radical (unpaired) electrons. The van der Waals surface area contributed by atoms with Gasteiger partial charge in [-0.1, -0.05) is 6.07 Å². The Kier molecular flexibility index (Phi) is 4.81. The fraction of sp³-hybridized carbons (Fsp3) is 0.318. The van der Waals surface area contributed by atoms with Gasteiger partial charge in [-0.25, -0.2) is 9.37 Å². The quantitative estimate of drug-likeness (QED) is 0.743. The molecule has 1 aromatic carbocycles. The Labute approximate surface area is 163 Å². The molecular formula is C22H22FN3O2. The van der Waals surface area contributed by atoms with Crippen LogP contribution in [0.4, 0.5) is 4.39 Å². The monoisotopic (exact) mass is 379 g/mol. The number of aromatic nitrogens is 2. The predicted molar refractivity (Wildman–Crippen MR) is 105 cm³/mol. The topological polar surface area (TPSA) is 64.1 Å². The molecule has 1 N–H and O–H groups in total. The number of carbonyl (C=O) groups excluding carboxylic acids is 1. The Morgan fingerprint density at radius 2 is 2.07 bits per heavy atom. The van der Waals surface area contributed by atoms with Gasteiger partial charge in [0.05, 0.1) is 28.1 Å². The lowest BCUT2D eigenvalue weighted by Crippen LogP contribution is -2.45. The maximum atomic E-state index is 13.8. The molecule has 1 atom stereocenters. The molecule has 1 saturated heterocycles. The number of hydrogen-bond donors (Lipinski definition) is 1. The third-order valence-electron chi connectivity index (χ3n) is 4.98. The SMILES string of the molecule is CC1(C)C[C@@H](NC(=O)c2cc(-c3ccccn3)nc3cc(F)ccc23)CCO1. The van der Waals surface area contributed by atoms with E-state index in [4.69, 9.17) is 4.74 Å². The van der Waals surface area contributed by atoms with Crippen LogP contribution in [0.15, 0.2) is 48.7 Å². The van der Waals surface area contributed by atoms with Crippen LogP contribution in [0.25, 0.3) is 22.3 Å². The Balaban J connectivity index is 1.73. The Hall–Kier alpha value is -2.86. The molecule has 1 fully saturated rings. The molecule has 2 aromatic heterocycles. The van der Waals surface area contributed by atoms with Crippen LogP contribution in [0.5, 0.6) is 0 Å². The van der Waals surface area contributed by atoms with Gasteiger partial charge in [0.15, 0.2) is 0 Å². The molecule has 144 valence electrons. The van der Waals surface area contributed by atoms with Gasteiger partial charge in [-0.15, -0.1) is 0 Å². The lowest BCUT2D eigenvalue weighted by Gasteiger charge is -2.35. The van der Waals surface area contributed by atoms with Crippen LogP contribution < -0.4 is 5.32 Å². The minimum Gasteiger partial charge on any atom is -0.375 e. The van der Waals surface area contributed by atoms with Gasteiger partial charge in [-0.2, -0.15) is 0 Å². The zero-order chi connectivity index (χ0) is 19.7. The summed E-state index contributed by atoms with van der Waals surface area (Å²) >= 11 is 0. The van der Waals surface area contributed by atoms with E-state index in [0.717, 1.165) is 12.8 Å². The highest BCUT2D eigenvalue weighted by Gasteiger charge is 2.30. The molecule has 1 aliphatic rings. The minimum absolute atomic E-state index is 0.0261. The van der Waals surface area contributed by atoms with Gasteiger partial charge in [-0.3, -0.25) is 9.78 Å². The largest absolute Gasteiger partial charge is 0.375 e. The molecule has 4 rings (SSSR count). The lowest BCUT2D eigenvalue weighted by molar-refractivity contribution is -0.0615. The zero-order valence-electron chi connectivity index (χ0n) is 15.9. The van der Waals surface area contributed by atoms with Gasteiger partial charge >= 0.3 is 0 Å². The fourth-order valence-corrected chi connectivity index (χ4v) is 3.65. The number of pyridine rings is 2. The van der Waals surface area contributed by atoms with Crippen LogP contribution in [0.2, 0.25) is 0 Å². The van der Waals surface area contributed by atoms with Crippen molar-refractivity contribution in [3.05, 3.63) is 60.0 Å². The molecule has 3 aromatic rings. The van der Waals surface area contributed by atoms with Gasteiger partial charge in [-0.05, 0) is 57.0 Å². The predicted octanol–water partition coefficient (Wildman–Crippen LogP) is 4.12. The summed E-state index contributed by atoms with van der Waals surface area (Å²) < 4.78 is 19.5. The molecule has 6 heteroatoms. The van der Waals surface area contributed by atoms with Gasteiger partial charge in [0, 0.05) is 30.3 Å². The highest BCUT2D eigenvalue weighted by Crippen LogP contribution is 2.27. The molecule has 0 unspecified atom stereocenters. The van der Waals surface area contributed by atoms with Crippen molar-refractivity contribution < 1.29 is 13.9 Å². The fourth-order valence-electron chi connectivity index (χ4n) is 3.65. The van der Waals surface area contributed by atoms with Crippen LogP contribution in [-0.4, -0.2) is 34.1 Å². The summed E-state index contributed by atoms with van der Waals surface area (Å²) in [7, 11) is 0. The average Bonchev–Trinajstić information content (AvgIpc) is 2.66. The second-order valence-electron chi connectivity index (χ2n) is 7.70. The second-order valence-corrected chi connectivity index (χ2v) is 7.70. The highest BCUT2D eigenvalue weighted by atomic mass is 19.1. The van der Waals surface area contributed by atoms with Crippen molar-refractivity contribution in [2.75, 3.05) is 6.61 Å². The van der Waals surface area contributed by atoms with Crippen molar-refractivity contribution in [1.82, 2.24) is 15.3 Å². The number of ether oxygens (including phenoxy) is 1. The Morgan fingerprint density at radius 3 is 2.82 bits per heavy atom. The average molecular weight is 379 g/mol.